The van der Waals surface area contributed by atoms with E-state index in [-0.39, 0.29) is 25.7 Å². The van der Waals surface area contributed by atoms with Gasteiger partial charge in [-0.1, -0.05) is 383 Å². The molecule has 0 aliphatic carbocycles. The first-order chi connectivity index (χ1) is 49.7. The molecular formula is C84H164O17P2. The monoisotopic (exact) mass is 1510 g/mol. The third-order valence-electron chi connectivity index (χ3n) is 20.3. The zero-order valence-electron chi connectivity index (χ0n) is 68.0. The number of carbonyl (C=O) groups excluding carboxylic acids is 4. The number of ether oxygens (including phenoxy) is 4. The van der Waals surface area contributed by atoms with E-state index in [2.05, 4.69) is 55.4 Å². The maximum absolute atomic E-state index is 13.1. The van der Waals surface area contributed by atoms with E-state index < -0.39 is 97.5 Å². The van der Waals surface area contributed by atoms with E-state index in [9.17, 15) is 43.2 Å². The summed E-state index contributed by atoms with van der Waals surface area (Å²) in [4.78, 5) is 73.1. The minimum atomic E-state index is -4.96. The highest BCUT2D eigenvalue weighted by atomic mass is 31.2. The summed E-state index contributed by atoms with van der Waals surface area (Å²) in [5, 5.41) is 10.7. The number of aliphatic hydroxyl groups excluding tert-OH is 1. The fourth-order valence-corrected chi connectivity index (χ4v) is 14.5. The first-order valence-corrected chi connectivity index (χ1v) is 46.3. The summed E-state index contributed by atoms with van der Waals surface area (Å²) < 4.78 is 68.8. The van der Waals surface area contributed by atoms with Crippen LogP contribution in [0, 0.1) is 23.7 Å². The van der Waals surface area contributed by atoms with Crippen molar-refractivity contribution in [3.8, 4) is 0 Å². The summed E-state index contributed by atoms with van der Waals surface area (Å²) in [5.41, 5.74) is 0. The van der Waals surface area contributed by atoms with E-state index in [4.69, 9.17) is 37.0 Å². The molecule has 612 valence electrons. The lowest BCUT2D eigenvalue weighted by Crippen LogP contribution is -2.30. The molecule has 0 aromatic rings. The van der Waals surface area contributed by atoms with Gasteiger partial charge in [-0.3, -0.25) is 37.3 Å². The Balaban J connectivity index is 5.20. The van der Waals surface area contributed by atoms with Crippen LogP contribution in [-0.4, -0.2) is 96.7 Å². The van der Waals surface area contributed by atoms with Gasteiger partial charge in [-0.05, 0) is 49.4 Å². The molecule has 103 heavy (non-hydrogen) atoms. The van der Waals surface area contributed by atoms with Crippen LogP contribution < -0.4 is 0 Å². The van der Waals surface area contributed by atoms with Gasteiger partial charge in [-0.15, -0.1) is 0 Å². The normalized spacial score (nSPS) is 14.5. The van der Waals surface area contributed by atoms with Crippen molar-refractivity contribution < 1.29 is 80.2 Å². The van der Waals surface area contributed by atoms with Crippen molar-refractivity contribution in [2.24, 2.45) is 23.7 Å². The molecule has 0 heterocycles. The average molecular weight is 1510 g/mol. The molecule has 0 amide bonds. The molecule has 5 unspecified atom stereocenters. The second kappa shape index (κ2) is 72.9. The van der Waals surface area contributed by atoms with Crippen molar-refractivity contribution in [3.63, 3.8) is 0 Å². The van der Waals surface area contributed by atoms with Gasteiger partial charge in [0.25, 0.3) is 0 Å². The van der Waals surface area contributed by atoms with Crippen LogP contribution in [0.5, 0.6) is 0 Å². The molecule has 0 aliphatic heterocycles. The second-order valence-electron chi connectivity index (χ2n) is 31.7. The topological polar surface area (TPSA) is 237 Å². The first kappa shape index (κ1) is 101. The highest BCUT2D eigenvalue weighted by molar-refractivity contribution is 7.47. The Morgan fingerprint density at radius 2 is 0.466 bits per heavy atom. The molecule has 0 saturated carbocycles. The summed E-state index contributed by atoms with van der Waals surface area (Å²) in [5.74, 6) is 1.06. The maximum atomic E-state index is 13.1. The molecule has 3 N–H and O–H groups in total. The smallest absolute Gasteiger partial charge is 0.462 e. The molecule has 0 fully saturated rings. The van der Waals surface area contributed by atoms with Gasteiger partial charge in [0.05, 0.1) is 26.4 Å². The van der Waals surface area contributed by atoms with E-state index in [1.165, 1.54) is 231 Å². The van der Waals surface area contributed by atoms with Crippen LogP contribution >= 0.6 is 15.6 Å². The number of phosphoric ester groups is 2. The fraction of sp³-hybridized carbons (Fsp3) is 0.952. The molecule has 0 radical (unpaired) electrons. The lowest BCUT2D eigenvalue weighted by molar-refractivity contribution is -0.161. The molecule has 0 saturated heterocycles. The summed E-state index contributed by atoms with van der Waals surface area (Å²) in [6, 6.07) is 0. The minimum Gasteiger partial charge on any atom is -0.462 e. The van der Waals surface area contributed by atoms with Crippen LogP contribution in [0.4, 0.5) is 0 Å². The van der Waals surface area contributed by atoms with Crippen LogP contribution in [0.25, 0.3) is 0 Å². The molecule has 0 bridgehead atoms. The zero-order chi connectivity index (χ0) is 76.0. The molecular weight excluding hydrogens is 1340 g/mol. The van der Waals surface area contributed by atoms with E-state index >= 15 is 0 Å². The number of unbranched alkanes of at least 4 members (excludes halogenated alkanes) is 45. The number of phosphoric acid groups is 2. The first-order valence-electron chi connectivity index (χ1n) is 43.3. The van der Waals surface area contributed by atoms with E-state index in [1.54, 1.807) is 0 Å². The molecule has 0 rings (SSSR count). The van der Waals surface area contributed by atoms with Crippen LogP contribution in [0.3, 0.4) is 0 Å². The predicted octanol–water partition coefficient (Wildman–Crippen LogP) is 25.2. The number of hydrogen-bond donors (Lipinski definition) is 3. The van der Waals surface area contributed by atoms with E-state index in [1.807, 2.05) is 0 Å². The SMILES string of the molecule is CCC(C)CCCCCCCCCCCCCCCCCCCCC(=O)OC[C@H](COP(=O)(O)OCC(O)COP(=O)(O)OC[C@@H](COC(=O)CCCCCCCCCC(C)C)OC(=O)CCCCCCCCCCCCCCCCC(C)C)OC(=O)CCCCCCCCCCCCC(C)CC. The van der Waals surface area contributed by atoms with Gasteiger partial charge < -0.3 is 33.8 Å². The van der Waals surface area contributed by atoms with Gasteiger partial charge >= 0.3 is 39.5 Å². The van der Waals surface area contributed by atoms with Gasteiger partial charge in [0, 0.05) is 25.7 Å². The standard InChI is InChI=1S/C84H164O17P2/c1-9-76(7)62-54-46-38-30-24-20-15-13-11-12-14-16-21-25-32-40-48-56-64-81(86)94-70-79(100-84(89)67-59-51-42-34-28-27-31-39-47-55-63-77(8)10-2)72-98-102(90,91)96-68-78(85)69-97-103(92,93)99-73-80(71-95-82(87)65-57-49-43-35-37-45-53-61-75(5)6)101-83(88)66-58-50-41-33-26-22-18-17-19-23-29-36-44-52-60-74(3)4/h74-80,85H,9-73H2,1-8H3,(H,90,91)(H,92,93)/t76?,77?,78?,79-,80-/m1/s1. The summed E-state index contributed by atoms with van der Waals surface area (Å²) >= 11 is 0. The lowest BCUT2D eigenvalue weighted by Gasteiger charge is -2.21. The van der Waals surface area contributed by atoms with Gasteiger partial charge in [0.15, 0.2) is 12.2 Å². The fourth-order valence-electron chi connectivity index (χ4n) is 12.9. The Morgan fingerprint density at radius 3 is 0.689 bits per heavy atom. The average Bonchev–Trinajstić information content (AvgIpc) is 0.937. The van der Waals surface area contributed by atoms with Gasteiger partial charge in [0.1, 0.15) is 19.3 Å². The minimum absolute atomic E-state index is 0.106. The van der Waals surface area contributed by atoms with Gasteiger partial charge in [-0.2, -0.15) is 0 Å². The van der Waals surface area contributed by atoms with E-state index in [0.29, 0.717) is 31.6 Å². The number of aliphatic hydroxyl groups is 1. The molecule has 0 spiro atoms. The number of rotatable bonds is 81. The summed E-state index contributed by atoms with van der Waals surface area (Å²) in [6.07, 6.45) is 61.1. The third-order valence-corrected chi connectivity index (χ3v) is 22.2. The van der Waals surface area contributed by atoms with Crippen molar-refractivity contribution in [2.75, 3.05) is 39.6 Å². The lowest BCUT2D eigenvalue weighted by atomic mass is 9.99. The summed E-state index contributed by atoms with van der Waals surface area (Å²) in [6.45, 7) is 14.3. The number of hydrogen-bond acceptors (Lipinski definition) is 15. The van der Waals surface area contributed by atoms with Crippen molar-refractivity contribution in [3.05, 3.63) is 0 Å². The van der Waals surface area contributed by atoms with Crippen LogP contribution in [-0.2, 0) is 65.4 Å². The molecule has 0 aromatic heterocycles. The Morgan fingerprint density at radius 1 is 0.272 bits per heavy atom. The molecule has 0 aromatic carbocycles. The summed E-state index contributed by atoms with van der Waals surface area (Å²) in [7, 11) is -9.93. The largest absolute Gasteiger partial charge is 0.472 e. The molecule has 19 heteroatoms. The van der Waals surface area contributed by atoms with Crippen LogP contribution in [0.1, 0.15) is 434 Å². The Labute approximate surface area is 632 Å². The van der Waals surface area contributed by atoms with E-state index in [0.717, 1.165) is 114 Å². The van der Waals surface area contributed by atoms with Gasteiger partial charge in [0.2, 0.25) is 0 Å². The van der Waals surface area contributed by atoms with Crippen molar-refractivity contribution in [1.82, 2.24) is 0 Å². The van der Waals surface area contributed by atoms with Crippen molar-refractivity contribution >= 4 is 39.5 Å². The Bertz CT molecular complexity index is 2010. The highest BCUT2D eigenvalue weighted by Gasteiger charge is 2.30. The quantitative estimate of drug-likeness (QED) is 0.0222. The third kappa shape index (κ3) is 75.3. The van der Waals surface area contributed by atoms with Crippen LogP contribution in [0.2, 0.25) is 0 Å². The van der Waals surface area contributed by atoms with Crippen LogP contribution in [0.15, 0.2) is 0 Å². The molecule has 17 nitrogen and oxygen atoms in total. The Hall–Kier alpha value is -1.94. The van der Waals surface area contributed by atoms with Crippen molar-refractivity contribution in [1.29, 1.82) is 0 Å². The van der Waals surface area contributed by atoms with Gasteiger partial charge in [-0.25, -0.2) is 9.13 Å². The molecule has 7 atom stereocenters. The Kier molecular flexibility index (Phi) is 71.5. The highest BCUT2D eigenvalue weighted by Crippen LogP contribution is 2.45. The van der Waals surface area contributed by atoms with Crippen molar-refractivity contribution in [2.45, 2.75) is 453 Å². The second-order valence-corrected chi connectivity index (χ2v) is 34.6. The zero-order valence-corrected chi connectivity index (χ0v) is 69.7. The molecule has 0 aliphatic rings. The number of esters is 4. The predicted molar refractivity (Wildman–Crippen MR) is 423 cm³/mol. The number of carbonyl (C=O) groups is 4. The maximum Gasteiger partial charge on any atom is 0.472 e.